The Hall–Kier alpha value is -2.65. The van der Waals surface area contributed by atoms with Crippen LogP contribution < -0.4 is 14.4 Å². The van der Waals surface area contributed by atoms with Crippen molar-refractivity contribution in [3.63, 3.8) is 0 Å². The van der Waals surface area contributed by atoms with E-state index in [1.165, 1.54) is 17.5 Å². The van der Waals surface area contributed by atoms with Gasteiger partial charge in [0.15, 0.2) is 0 Å². The van der Waals surface area contributed by atoms with Gasteiger partial charge in [0.2, 0.25) is 15.9 Å². The van der Waals surface area contributed by atoms with Crippen LogP contribution in [0.4, 0.5) is 10.1 Å². The molecule has 1 heterocycles. The minimum Gasteiger partial charge on any atom is -0.497 e. The molecule has 0 spiro atoms. The van der Waals surface area contributed by atoms with Gasteiger partial charge in [0.25, 0.3) is 0 Å². The van der Waals surface area contributed by atoms with E-state index in [0.717, 1.165) is 17.8 Å². The molecule has 0 aliphatic carbocycles. The molecule has 0 bridgehead atoms. The van der Waals surface area contributed by atoms with Crippen molar-refractivity contribution in [2.45, 2.75) is 17.7 Å². The minimum atomic E-state index is -3.93. The van der Waals surface area contributed by atoms with Crippen molar-refractivity contribution >= 4 is 21.6 Å². The number of carbonyl (C=O) groups excluding carboxylic acids is 1. The summed E-state index contributed by atoms with van der Waals surface area (Å²) in [6.45, 7) is 0.351. The van der Waals surface area contributed by atoms with Crippen molar-refractivity contribution in [3.8, 4) is 11.5 Å². The summed E-state index contributed by atoms with van der Waals surface area (Å²) in [6, 6.07) is 10.6. The SMILES string of the molecule is COc1ccc(N(C)C(=O)C2CCN(S(=O)(=O)c3cc(F)ccc3OC)CC2)cc1. The van der Waals surface area contributed by atoms with Gasteiger partial charge in [-0.25, -0.2) is 12.8 Å². The predicted octanol–water partition coefficient (Wildman–Crippen LogP) is 2.91. The lowest BCUT2D eigenvalue weighted by atomic mass is 9.96. The number of carbonyl (C=O) groups is 1. The van der Waals surface area contributed by atoms with Crippen LogP contribution >= 0.6 is 0 Å². The average Bonchev–Trinajstić information content (AvgIpc) is 2.78. The Bertz CT molecular complexity index is 1000. The summed E-state index contributed by atoms with van der Waals surface area (Å²) in [7, 11) is 0.686. The third kappa shape index (κ3) is 4.41. The molecule has 0 saturated carbocycles. The molecule has 3 rings (SSSR count). The van der Waals surface area contributed by atoms with Crippen molar-refractivity contribution in [1.29, 1.82) is 0 Å². The molecule has 1 saturated heterocycles. The first kappa shape index (κ1) is 22.0. The molecule has 0 radical (unpaired) electrons. The van der Waals surface area contributed by atoms with Crippen LogP contribution in [0.3, 0.4) is 0 Å². The third-order valence-corrected chi connectivity index (χ3v) is 7.26. The lowest BCUT2D eigenvalue weighted by molar-refractivity contribution is -0.123. The first-order valence-corrected chi connectivity index (χ1v) is 11.0. The van der Waals surface area contributed by atoms with Crippen LogP contribution in [0.1, 0.15) is 12.8 Å². The average molecular weight is 437 g/mol. The molecule has 1 amide bonds. The quantitative estimate of drug-likeness (QED) is 0.696. The fourth-order valence-electron chi connectivity index (χ4n) is 3.54. The summed E-state index contributed by atoms with van der Waals surface area (Å²) < 4.78 is 51.1. The maximum Gasteiger partial charge on any atom is 0.246 e. The summed E-state index contributed by atoms with van der Waals surface area (Å²) in [5.41, 5.74) is 0.736. The Morgan fingerprint density at radius 2 is 1.70 bits per heavy atom. The first-order valence-electron chi connectivity index (χ1n) is 9.53. The van der Waals surface area contributed by atoms with Gasteiger partial charge in [0.1, 0.15) is 22.2 Å². The summed E-state index contributed by atoms with van der Waals surface area (Å²) in [4.78, 5) is 14.3. The van der Waals surface area contributed by atoms with Crippen LogP contribution in [0.5, 0.6) is 11.5 Å². The number of ether oxygens (including phenoxy) is 2. The Kier molecular flexibility index (Phi) is 6.62. The Balaban J connectivity index is 1.69. The highest BCUT2D eigenvalue weighted by Gasteiger charge is 2.35. The minimum absolute atomic E-state index is 0.0689. The predicted molar refractivity (Wildman–Crippen MR) is 111 cm³/mol. The lowest BCUT2D eigenvalue weighted by Crippen LogP contribution is -2.43. The van der Waals surface area contributed by atoms with Crippen molar-refractivity contribution in [2.75, 3.05) is 39.3 Å². The second kappa shape index (κ2) is 9.01. The smallest absolute Gasteiger partial charge is 0.246 e. The van der Waals surface area contributed by atoms with Gasteiger partial charge >= 0.3 is 0 Å². The maximum absolute atomic E-state index is 13.7. The number of hydrogen-bond donors (Lipinski definition) is 0. The number of methoxy groups -OCH3 is 2. The molecule has 2 aromatic carbocycles. The molecule has 0 N–H and O–H groups in total. The zero-order valence-electron chi connectivity index (χ0n) is 17.2. The fraction of sp³-hybridized carbons (Fsp3) is 0.381. The molecule has 1 fully saturated rings. The monoisotopic (exact) mass is 436 g/mol. The number of benzene rings is 2. The van der Waals surface area contributed by atoms with Gasteiger partial charge in [0, 0.05) is 31.7 Å². The highest BCUT2D eigenvalue weighted by molar-refractivity contribution is 7.89. The zero-order valence-corrected chi connectivity index (χ0v) is 18.0. The van der Waals surface area contributed by atoms with Crippen LogP contribution in [0, 0.1) is 11.7 Å². The van der Waals surface area contributed by atoms with E-state index in [9.17, 15) is 17.6 Å². The van der Waals surface area contributed by atoms with Crippen LogP contribution in [-0.2, 0) is 14.8 Å². The van der Waals surface area contributed by atoms with Crippen LogP contribution in [0.15, 0.2) is 47.4 Å². The van der Waals surface area contributed by atoms with Crippen molar-refractivity contribution < 1.29 is 27.1 Å². The third-order valence-electron chi connectivity index (χ3n) is 5.34. The molecule has 7 nitrogen and oxygen atoms in total. The summed E-state index contributed by atoms with van der Waals surface area (Å²) in [5.74, 6) is -0.223. The Morgan fingerprint density at radius 1 is 1.07 bits per heavy atom. The van der Waals surface area contributed by atoms with E-state index in [-0.39, 0.29) is 35.6 Å². The molecule has 1 aliphatic heterocycles. The van der Waals surface area contributed by atoms with Gasteiger partial charge in [-0.05, 0) is 55.3 Å². The highest BCUT2D eigenvalue weighted by atomic mass is 32.2. The fourth-order valence-corrected chi connectivity index (χ4v) is 5.18. The van der Waals surface area contributed by atoms with E-state index < -0.39 is 15.8 Å². The number of piperidine rings is 1. The van der Waals surface area contributed by atoms with Gasteiger partial charge in [-0.15, -0.1) is 0 Å². The number of hydrogen-bond acceptors (Lipinski definition) is 5. The molecule has 2 aromatic rings. The molecule has 9 heteroatoms. The second-order valence-electron chi connectivity index (χ2n) is 7.07. The summed E-state index contributed by atoms with van der Waals surface area (Å²) in [6.07, 6.45) is 0.770. The van der Waals surface area contributed by atoms with E-state index in [1.807, 2.05) is 0 Å². The maximum atomic E-state index is 13.7. The van der Waals surface area contributed by atoms with Crippen LogP contribution in [-0.4, -0.2) is 53.0 Å². The van der Waals surface area contributed by atoms with E-state index in [0.29, 0.717) is 18.6 Å². The summed E-state index contributed by atoms with van der Waals surface area (Å²) in [5, 5.41) is 0. The van der Waals surface area contributed by atoms with E-state index in [4.69, 9.17) is 9.47 Å². The lowest BCUT2D eigenvalue weighted by Gasteiger charge is -2.32. The highest BCUT2D eigenvalue weighted by Crippen LogP contribution is 2.31. The number of anilines is 1. The molecular formula is C21H25FN2O5S. The van der Waals surface area contributed by atoms with Gasteiger partial charge in [-0.2, -0.15) is 4.31 Å². The van der Waals surface area contributed by atoms with Crippen molar-refractivity contribution in [2.24, 2.45) is 5.92 Å². The number of halogens is 1. The molecule has 162 valence electrons. The molecule has 1 aliphatic rings. The van der Waals surface area contributed by atoms with E-state index in [1.54, 1.807) is 43.3 Å². The van der Waals surface area contributed by atoms with Crippen molar-refractivity contribution in [3.05, 3.63) is 48.3 Å². The summed E-state index contributed by atoms with van der Waals surface area (Å²) >= 11 is 0. The van der Waals surface area contributed by atoms with Gasteiger partial charge in [-0.3, -0.25) is 4.79 Å². The molecule has 0 unspecified atom stereocenters. The molecule has 0 atom stereocenters. The van der Waals surface area contributed by atoms with E-state index >= 15 is 0 Å². The number of sulfonamides is 1. The normalized spacial score (nSPS) is 15.6. The number of rotatable bonds is 6. The zero-order chi connectivity index (χ0) is 21.9. The standard InChI is InChI=1S/C21H25FN2O5S/c1-23(17-5-7-18(28-2)8-6-17)21(25)15-10-12-24(13-11-15)30(26,27)20-14-16(22)4-9-19(20)29-3/h4-9,14-15H,10-13H2,1-3H3. The number of nitrogens with zero attached hydrogens (tertiary/aromatic N) is 2. The number of amides is 1. The van der Waals surface area contributed by atoms with Crippen LogP contribution in [0.25, 0.3) is 0 Å². The topological polar surface area (TPSA) is 76.2 Å². The van der Waals surface area contributed by atoms with E-state index in [2.05, 4.69) is 0 Å². The largest absolute Gasteiger partial charge is 0.497 e. The molecule has 0 aromatic heterocycles. The van der Waals surface area contributed by atoms with Crippen LogP contribution in [0.2, 0.25) is 0 Å². The van der Waals surface area contributed by atoms with Gasteiger partial charge in [-0.1, -0.05) is 0 Å². The first-order chi connectivity index (χ1) is 14.3. The Labute approximate surface area is 176 Å². The molecular weight excluding hydrogens is 411 g/mol. The van der Waals surface area contributed by atoms with Gasteiger partial charge in [0.05, 0.1) is 14.2 Å². The Morgan fingerprint density at radius 3 is 2.27 bits per heavy atom. The second-order valence-corrected chi connectivity index (χ2v) is 8.98. The van der Waals surface area contributed by atoms with Crippen molar-refractivity contribution in [1.82, 2.24) is 4.31 Å². The van der Waals surface area contributed by atoms with Gasteiger partial charge < -0.3 is 14.4 Å². The molecule has 30 heavy (non-hydrogen) atoms.